The Bertz CT molecular complexity index is 587. The van der Waals surface area contributed by atoms with Crippen LogP contribution in [0.3, 0.4) is 0 Å². The summed E-state index contributed by atoms with van der Waals surface area (Å²) in [6.45, 7) is 4.24. The minimum Gasteiger partial charge on any atom is -0.444 e. The molecule has 2 rings (SSSR count). The van der Waals surface area contributed by atoms with Crippen molar-refractivity contribution in [3.63, 3.8) is 0 Å². The van der Waals surface area contributed by atoms with E-state index in [1.54, 1.807) is 20.8 Å². The van der Waals surface area contributed by atoms with Crippen molar-refractivity contribution < 1.29 is 22.7 Å². The van der Waals surface area contributed by atoms with Gasteiger partial charge in [-0.3, -0.25) is 4.90 Å². The number of amides is 1. The van der Waals surface area contributed by atoms with Gasteiger partial charge in [-0.15, -0.1) is 0 Å². The van der Waals surface area contributed by atoms with Crippen molar-refractivity contribution in [2.24, 2.45) is 0 Å². The van der Waals surface area contributed by atoms with Gasteiger partial charge in [0.15, 0.2) is 0 Å². The zero-order valence-electron chi connectivity index (χ0n) is 12.5. The Labute approximate surface area is 135 Å². The standard InChI is InChI=1S/C15H17BrF3NO2/c1-14(2,3)22-13(21)20-8-15(18,19)7-12(20)10-6-9(17)4-5-11(10)16/h4-6,12H,7-8H2,1-3H3/t12-/m1/s1. The lowest BCUT2D eigenvalue weighted by Gasteiger charge is -2.28. The fourth-order valence-electron chi connectivity index (χ4n) is 2.38. The highest BCUT2D eigenvalue weighted by atomic mass is 79.9. The molecule has 0 unspecified atom stereocenters. The molecule has 1 aliphatic heterocycles. The summed E-state index contributed by atoms with van der Waals surface area (Å²) in [5.41, 5.74) is -0.485. The van der Waals surface area contributed by atoms with Gasteiger partial charge in [0.25, 0.3) is 5.92 Å². The van der Waals surface area contributed by atoms with Gasteiger partial charge in [0.2, 0.25) is 0 Å². The molecule has 1 aromatic carbocycles. The van der Waals surface area contributed by atoms with Gasteiger partial charge >= 0.3 is 6.09 Å². The summed E-state index contributed by atoms with van der Waals surface area (Å²) in [6.07, 6.45) is -1.39. The van der Waals surface area contributed by atoms with Crippen molar-refractivity contribution in [1.29, 1.82) is 0 Å². The minimum atomic E-state index is -3.03. The number of carbonyl (C=O) groups is 1. The number of halogens is 4. The lowest BCUT2D eigenvalue weighted by molar-refractivity contribution is -0.00243. The second-order valence-electron chi connectivity index (χ2n) is 6.35. The highest BCUT2D eigenvalue weighted by Crippen LogP contribution is 2.43. The van der Waals surface area contributed by atoms with Crippen LogP contribution in [0.15, 0.2) is 22.7 Å². The molecule has 7 heteroatoms. The lowest BCUT2D eigenvalue weighted by Crippen LogP contribution is -2.38. The first kappa shape index (κ1) is 17.1. The molecule has 0 spiro atoms. The van der Waals surface area contributed by atoms with Crippen molar-refractivity contribution in [2.75, 3.05) is 6.54 Å². The zero-order chi connectivity index (χ0) is 16.7. The number of ether oxygens (including phenoxy) is 1. The summed E-state index contributed by atoms with van der Waals surface area (Å²) >= 11 is 3.23. The smallest absolute Gasteiger partial charge is 0.411 e. The third-order valence-electron chi connectivity index (χ3n) is 3.21. The second-order valence-corrected chi connectivity index (χ2v) is 7.20. The maximum Gasteiger partial charge on any atom is 0.411 e. The molecule has 122 valence electrons. The van der Waals surface area contributed by atoms with Crippen LogP contribution in [0.4, 0.5) is 18.0 Å². The molecule has 1 aromatic rings. The van der Waals surface area contributed by atoms with Gasteiger partial charge in [0.05, 0.1) is 12.6 Å². The summed E-state index contributed by atoms with van der Waals surface area (Å²) < 4.78 is 46.7. The number of nitrogens with zero attached hydrogens (tertiary/aromatic N) is 1. The SMILES string of the molecule is CC(C)(C)OC(=O)N1CC(F)(F)C[C@@H]1c1cc(F)ccc1Br. The van der Waals surface area contributed by atoms with Crippen LogP contribution in [0.1, 0.15) is 38.8 Å². The average Bonchev–Trinajstić information content (AvgIpc) is 2.66. The van der Waals surface area contributed by atoms with E-state index in [1.807, 2.05) is 0 Å². The van der Waals surface area contributed by atoms with Crippen molar-refractivity contribution >= 4 is 22.0 Å². The third-order valence-corrected chi connectivity index (χ3v) is 3.94. The monoisotopic (exact) mass is 379 g/mol. The van der Waals surface area contributed by atoms with Gasteiger partial charge in [0.1, 0.15) is 11.4 Å². The number of carbonyl (C=O) groups excluding carboxylic acids is 1. The van der Waals surface area contributed by atoms with Gasteiger partial charge in [-0.2, -0.15) is 0 Å². The highest BCUT2D eigenvalue weighted by molar-refractivity contribution is 9.10. The highest BCUT2D eigenvalue weighted by Gasteiger charge is 2.49. The quantitative estimate of drug-likeness (QED) is 0.693. The van der Waals surface area contributed by atoms with E-state index < -0.39 is 42.4 Å². The van der Waals surface area contributed by atoms with Gasteiger partial charge in [-0.25, -0.2) is 18.0 Å². The van der Waals surface area contributed by atoms with Crippen LogP contribution in [0.25, 0.3) is 0 Å². The number of alkyl halides is 2. The van der Waals surface area contributed by atoms with Crippen molar-refractivity contribution in [2.45, 2.75) is 44.8 Å². The van der Waals surface area contributed by atoms with E-state index in [2.05, 4.69) is 15.9 Å². The maximum absolute atomic E-state index is 13.8. The average molecular weight is 380 g/mol. The first-order chi connectivity index (χ1) is 9.98. The van der Waals surface area contributed by atoms with E-state index in [-0.39, 0.29) is 0 Å². The summed E-state index contributed by atoms with van der Waals surface area (Å²) in [7, 11) is 0. The van der Waals surface area contributed by atoms with E-state index >= 15 is 0 Å². The molecule has 1 fully saturated rings. The first-order valence-corrected chi connectivity index (χ1v) is 7.60. The normalized spacial score (nSPS) is 21.0. The van der Waals surface area contributed by atoms with Crippen LogP contribution in [-0.2, 0) is 4.74 Å². The van der Waals surface area contributed by atoms with Gasteiger partial charge in [0, 0.05) is 10.9 Å². The first-order valence-electron chi connectivity index (χ1n) is 6.81. The molecule has 0 radical (unpaired) electrons. The summed E-state index contributed by atoms with van der Waals surface area (Å²) in [5, 5.41) is 0. The van der Waals surface area contributed by atoms with Crippen LogP contribution >= 0.6 is 15.9 Å². The molecule has 3 nitrogen and oxygen atoms in total. The molecule has 0 aliphatic carbocycles. The van der Waals surface area contributed by atoms with Gasteiger partial charge in [-0.1, -0.05) is 15.9 Å². The van der Waals surface area contributed by atoms with Crippen LogP contribution in [-0.4, -0.2) is 29.1 Å². The Kier molecular flexibility index (Phi) is 4.48. The predicted molar refractivity (Wildman–Crippen MR) is 79.3 cm³/mol. The molecule has 22 heavy (non-hydrogen) atoms. The number of hydrogen-bond donors (Lipinski definition) is 0. The Hall–Kier alpha value is -1.24. The molecule has 0 N–H and O–H groups in total. The maximum atomic E-state index is 13.8. The fraction of sp³-hybridized carbons (Fsp3) is 0.533. The van der Waals surface area contributed by atoms with Crippen LogP contribution in [0, 0.1) is 5.82 Å². The molecule has 0 bridgehead atoms. The molecular formula is C15H17BrF3NO2. The molecule has 1 aliphatic rings. The summed E-state index contributed by atoms with van der Waals surface area (Å²) in [6, 6.07) is 2.88. The van der Waals surface area contributed by atoms with E-state index in [0.29, 0.717) is 10.0 Å². The number of benzene rings is 1. The van der Waals surface area contributed by atoms with E-state index in [0.717, 1.165) is 11.0 Å². The number of rotatable bonds is 1. The molecule has 0 aromatic heterocycles. The largest absolute Gasteiger partial charge is 0.444 e. The van der Waals surface area contributed by atoms with E-state index in [4.69, 9.17) is 4.74 Å². The Morgan fingerprint density at radius 3 is 2.64 bits per heavy atom. The summed E-state index contributed by atoms with van der Waals surface area (Å²) in [4.78, 5) is 13.2. The zero-order valence-corrected chi connectivity index (χ0v) is 14.1. The molecule has 0 saturated carbocycles. The topological polar surface area (TPSA) is 29.5 Å². The van der Waals surface area contributed by atoms with E-state index in [9.17, 15) is 18.0 Å². The van der Waals surface area contributed by atoms with Crippen molar-refractivity contribution in [3.8, 4) is 0 Å². The minimum absolute atomic E-state index is 0.308. The lowest BCUT2D eigenvalue weighted by atomic mass is 10.0. The second kappa shape index (κ2) is 5.76. The Balaban J connectivity index is 2.35. The predicted octanol–water partition coefficient (Wildman–Crippen LogP) is 4.91. The summed E-state index contributed by atoms with van der Waals surface area (Å²) in [5.74, 6) is -3.58. The van der Waals surface area contributed by atoms with Crippen LogP contribution < -0.4 is 0 Å². The fourth-order valence-corrected chi connectivity index (χ4v) is 2.89. The Morgan fingerprint density at radius 1 is 1.41 bits per heavy atom. The van der Waals surface area contributed by atoms with Crippen molar-refractivity contribution in [1.82, 2.24) is 4.90 Å². The van der Waals surface area contributed by atoms with Crippen LogP contribution in [0.2, 0.25) is 0 Å². The molecular weight excluding hydrogens is 363 g/mol. The van der Waals surface area contributed by atoms with Crippen LogP contribution in [0.5, 0.6) is 0 Å². The van der Waals surface area contributed by atoms with Gasteiger partial charge < -0.3 is 4.74 Å². The molecule has 1 atom stereocenters. The van der Waals surface area contributed by atoms with Gasteiger partial charge in [-0.05, 0) is 44.5 Å². The molecule has 1 amide bonds. The van der Waals surface area contributed by atoms with E-state index in [1.165, 1.54) is 12.1 Å². The molecule has 1 saturated heterocycles. The molecule has 1 heterocycles. The number of likely N-dealkylation sites (tertiary alicyclic amines) is 1. The third kappa shape index (κ3) is 3.94. The Morgan fingerprint density at radius 2 is 2.05 bits per heavy atom. The van der Waals surface area contributed by atoms with Crippen molar-refractivity contribution in [3.05, 3.63) is 34.1 Å². The number of hydrogen-bond acceptors (Lipinski definition) is 2.